The van der Waals surface area contributed by atoms with Crippen LogP contribution in [-0.2, 0) is 10.0 Å². The third-order valence-electron chi connectivity index (χ3n) is 2.10. The molecule has 0 spiro atoms. The van der Waals surface area contributed by atoms with Gasteiger partial charge in [0.25, 0.3) is 10.0 Å². The maximum absolute atomic E-state index is 13.7. The molecule has 0 radical (unpaired) electrons. The molecule has 17 heavy (non-hydrogen) atoms. The van der Waals surface area contributed by atoms with Crippen molar-refractivity contribution in [3.05, 3.63) is 50.5 Å². The van der Waals surface area contributed by atoms with Gasteiger partial charge in [-0.05, 0) is 56.7 Å². The fourth-order valence-corrected chi connectivity index (χ4v) is 4.88. The van der Waals surface area contributed by atoms with E-state index in [1.807, 2.05) is 0 Å². The lowest BCUT2D eigenvalue weighted by Gasteiger charge is -2.07. The SMILES string of the molecule is O=S(=O)(c1ccccc1)n1c(I)cc(Br)c1F. The minimum Gasteiger partial charge on any atom is -0.202 e. The van der Waals surface area contributed by atoms with Crippen LogP contribution in [-0.4, -0.2) is 12.4 Å². The molecule has 0 aliphatic rings. The highest BCUT2D eigenvalue weighted by Crippen LogP contribution is 2.26. The molecule has 0 atom stereocenters. The van der Waals surface area contributed by atoms with Crippen molar-refractivity contribution < 1.29 is 12.8 Å². The molecule has 3 nitrogen and oxygen atoms in total. The minimum absolute atomic E-state index is 0.0555. The maximum Gasteiger partial charge on any atom is 0.270 e. The van der Waals surface area contributed by atoms with Crippen molar-refractivity contribution in [2.45, 2.75) is 4.90 Å². The summed E-state index contributed by atoms with van der Waals surface area (Å²) in [5.41, 5.74) is 0. The lowest BCUT2D eigenvalue weighted by atomic mass is 10.4. The second kappa shape index (κ2) is 4.69. The van der Waals surface area contributed by atoms with Crippen molar-refractivity contribution in [2.75, 3.05) is 0 Å². The molecule has 1 aromatic carbocycles. The first kappa shape index (κ1) is 13.0. The van der Waals surface area contributed by atoms with Crippen LogP contribution in [0, 0.1) is 9.65 Å². The van der Waals surface area contributed by atoms with Crippen molar-refractivity contribution in [2.24, 2.45) is 0 Å². The third kappa shape index (κ3) is 2.27. The van der Waals surface area contributed by atoms with E-state index in [1.165, 1.54) is 18.2 Å². The Morgan fingerprint density at radius 3 is 2.29 bits per heavy atom. The highest BCUT2D eigenvalue weighted by Gasteiger charge is 2.24. The van der Waals surface area contributed by atoms with Crippen molar-refractivity contribution in [3.63, 3.8) is 0 Å². The summed E-state index contributed by atoms with van der Waals surface area (Å²) in [6, 6.07) is 9.16. The zero-order chi connectivity index (χ0) is 12.6. The van der Waals surface area contributed by atoms with E-state index in [0.29, 0.717) is 3.97 Å². The molecule has 0 unspecified atom stereocenters. The molecule has 0 fully saturated rings. The summed E-state index contributed by atoms with van der Waals surface area (Å²) in [5, 5.41) is 0. The molecule has 0 saturated heterocycles. The van der Waals surface area contributed by atoms with E-state index in [4.69, 9.17) is 0 Å². The fourth-order valence-electron chi connectivity index (χ4n) is 1.33. The van der Waals surface area contributed by atoms with E-state index in [2.05, 4.69) is 15.9 Å². The minimum atomic E-state index is -3.88. The zero-order valence-electron chi connectivity index (χ0n) is 8.27. The maximum atomic E-state index is 13.7. The third-order valence-corrected chi connectivity index (χ3v) is 5.48. The average Bonchev–Trinajstić information content (AvgIpc) is 2.54. The fraction of sp³-hybridized carbons (Fsp3) is 0. The molecule has 7 heteroatoms. The van der Waals surface area contributed by atoms with E-state index in [9.17, 15) is 12.8 Å². The molecular weight excluding hydrogens is 424 g/mol. The van der Waals surface area contributed by atoms with Gasteiger partial charge in [-0.25, -0.2) is 12.4 Å². The molecule has 2 rings (SSSR count). The number of aromatic nitrogens is 1. The zero-order valence-corrected chi connectivity index (χ0v) is 12.8. The number of rotatable bonds is 2. The summed E-state index contributed by atoms with van der Waals surface area (Å²) in [6.45, 7) is 0. The molecule has 90 valence electrons. The lowest BCUT2D eigenvalue weighted by molar-refractivity contribution is 0.535. The Kier molecular flexibility index (Phi) is 3.60. The Hall–Kier alpha value is -0.410. The summed E-state index contributed by atoms with van der Waals surface area (Å²) in [7, 11) is -3.88. The second-order valence-corrected chi connectivity index (χ2v) is 6.93. The van der Waals surface area contributed by atoms with Gasteiger partial charge in [-0.15, -0.1) is 0 Å². The van der Waals surface area contributed by atoms with E-state index in [-0.39, 0.29) is 13.1 Å². The molecule has 2 aromatic rings. The molecule has 0 N–H and O–H groups in total. The topological polar surface area (TPSA) is 39.1 Å². The monoisotopic (exact) mass is 429 g/mol. The molecular formula is C10H6BrFINO2S. The Morgan fingerprint density at radius 2 is 1.82 bits per heavy atom. The van der Waals surface area contributed by atoms with E-state index >= 15 is 0 Å². The number of hydrogen-bond acceptors (Lipinski definition) is 2. The van der Waals surface area contributed by atoms with E-state index in [0.717, 1.165) is 0 Å². The quantitative estimate of drug-likeness (QED) is 0.687. The molecule has 0 saturated carbocycles. The Bertz CT molecular complexity index is 654. The average molecular weight is 430 g/mol. The van der Waals surface area contributed by atoms with Crippen LogP contribution in [0.15, 0.2) is 45.8 Å². The largest absolute Gasteiger partial charge is 0.270 e. The normalized spacial score (nSPS) is 11.7. The van der Waals surface area contributed by atoms with Crippen LogP contribution in [0.2, 0.25) is 0 Å². The summed E-state index contributed by atoms with van der Waals surface area (Å²) in [6.07, 6.45) is 0. The van der Waals surface area contributed by atoms with Gasteiger partial charge in [0.05, 0.1) is 13.1 Å². The Labute approximate surface area is 120 Å². The van der Waals surface area contributed by atoms with Gasteiger partial charge in [0.15, 0.2) is 0 Å². The van der Waals surface area contributed by atoms with Crippen LogP contribution in [0.5, 0.6) is 0 Å². The first-order chi connectivity index (χ1) is 7.94. The summed E-state index contributed by atoms with van der Waals surface area (Å²) >= 11 is 4.74. The van der Waals surface area contributed by atoms with Crippen molar-refractivity contribution in [1.29, 1.82) is 0 Å². The Balaban J connectivity index is 2.69. The van der Waals surface area contributed by atoms with Crippen LogP contribution in [0.3, 0.4) is 0 Å². The standard InChI is InChI=1S/C10H6BrFINO2S/c11-8-6-9(13)14(10(8)12)17(15,16)7-4-2-1-3-5-7/h1-6H. The molecule has 0 aliphatic carbocycles. The molecule has 0 amide bonds. The predicted octanol–water partition coefficient (Wildman–Crippen LogP) is 3.23. The molecule has 0 aliphatic heterocycles. The van der Waals surface area contributed by atoms with Gasteiger partial charge in [0.2, 0.25) is 5.95 Å². The molecule has 0 bridgehead atoms. The first-order valence-electron chi connectivity index (χ1n) is 4.47. The van der Waals surface area contributed by atoms with Crippen molar-refractivity contribution in [1.82, 2.24) is 3.97 Å². The van der Waals surface area contributed by atoms with Crippen LogP contribution >= 0.6 is 38.5 Å². The lowest BCUT2D eigenvalue weighted by Crippen LogP contribution is -2.16. The van der Waals surface area contributed by atoms with Gasteiger partial charge in [-0.1, -0.05) is 18.2 Å². The van der Waals surface area contributed by atoms with E-state index in [1.54, 1.807) is 40.8 Å². The van der Waals surface area contributed by atoms with Gasteiger partial charge in [-0.2, -0.15) is 4.39 Å². The summed E-state index contributed by atoms with van der Waals surface area (Å²) in [5.74, 6) is -0.821. The van der Waals surface area contributed by atoms with Crippen LogP contribution < -0.4 is 0 Å². The van der Waals surface area contributed by atoms with Gasteiger partial charge < -0.3 is 0 Å². The predicted molar refractivity (Wildman–Crippen MR) is 73.8 cm³/mol. The number of benzene rings is 1. The van der Waals surface area contributed by atoms with E-state index < -0.39 is 16.0 Å². The molecule has 1 aromatic heterocycles. The summed E-state index contributed by atoms with van der Waals surface area (Å²) < 4.78 is 39.2. The highest BCUT2D eigenvalue weighted by molar-refractivity contribution is 14.1. The number of hydrogen-bond donors (Lipinski definition) is 0. The smallest absolute Gasteiger partial charge is 0.202 e. The van der Waals surface area contributed by atoms with Crippen molar-refractivity contribution in [3.8, 4) is 0 Å². The second-order valence-electron chi connectivity index (χ2n) is 3.19. The van der Waals surface area contributed by atoms with Gasteiger partial charge in [-0.3, -0.25) is 0 Å². The van der Waals surface area contributed by atoms with Crippen LogP contribution in [0.25, 0.3) is 0 Å². The highest BCUT2D eigenvalue weighted by atomic mass is 127. The van der Waals surface area contributed by atoms with Gasteiger partial charge in [0, 0.05) is 0 Å². The number of nitrogens with zero attached hydrogens (tertiary/aromatic N) is 1. The van der Waals surface area contributed by atoms with Crippen LogP contribution in [0.4, 0.5) is 4.39 Å². The van der Waals surface area contributed by atoms with Crippen LogP contribution in [0.1, 0.15) is 0 Å². The molecule has 1 heterocycles. The first-order valence-corrected chi connectivity index (χ1v) is 7.78. The number of halogens is 3. The Morgan fingerprint density at radius 1 is 1.24 bits per heavy atom. The van der Waals surface area contributed by atoms with Crippen molar-refractivity contribution >= 4 is 48.5 Å². The van der Waals surface area contributed by atoms with Gasteiger partial charge >= 0.3 is 0 Å². The van der Waals surface area contributed by atoms with Gasteiger partial charge in [0.1, 0.15) is 0 Å². The summed E-state index contributed by atoms with van der Waals surface area (Å²) in [4.78, 5) is 0.0555.